The molecule has 0 bridgehead atoms. The number of amides is 1. The van der Waals surface area contributed by atoms with Gasteiger partial charge in [0.25, 0.3) is 5.78 Å². The van der Waals surface area contributed by atoms with Gasteiger partial charge in [0.15, 0.2) is 5.82 Å². The molecule has 8 nitrogen and oxygen atoms in total. The highest BCUT2D eigenvalue weighted by atomic mass is 32.1. The van der Waals surface area contributed by atoms with Crippen LogP contribution in [0.1, 0.15) is 42.5 Å². The molecule has 0 fully saturated rings. The molecule has 3 heterocycles. The summed E-state index contributed by atoms with van der Waals surface area (Å²) in [6.07, 6.45) is 0.0415. The predicted molar refractivity (Wildman–Crippen MR) is 112 cm³/mol. The Balaban J connectivity index is 1.45. The summed E-state index contributed by atoms with van der Waals surface area (Å²) >= 11 is 1.34. The second-order valence-corrected chi connectivity index (χ2v) is 8.17. The van der Waals surface area contributed by atoms with E-state index in [0.717, 1.165) is 22.0 Å². The van der Waals surface area contributed by atoms with Crippen molar-refractivity contribution >= 4 is 28.2 Å². The van der Waals surface area contributed by atoms with Crippen molar-refractivity contribution in [3.8, 4) is 10.6 Å². The van der Waals surface area contributed by atoms with Crippen molar-refractivity contribution in [1.29, 1.82) is 0 Å². The summed E-state index contributed by atoms with van der Waals surface area (Å²) in [5, 5.41) is 16.6. The Morgan fingerprint density at radius 2 is 1.90 bits per heavy atom. The fourth-order valence-electron chi connectivity index (χ4n) is 2.99. The largest absolute Gasteiger partial charge is 0.300 e. The third-order valence-corrected chi connectivity index (χ3v) is 5.36. The van der Waals surface area contributed by atoms with Crippen LogP contribution in [0.3, 0.4) is 0 Å². The van der Waals surface area contributed by atoms with Gasteiger partial charge in [-0.15, -0.1) is 15.3 Å². The predicted octanol–water partition coefficient (Wildman–Crippen LogP) is 3.56. The van der Waals surface area contributed by atoms with Crippen LogP contribution in [0.25, 0.3) is 16.3 Å². The number of hydrogen-bond acceptors (Lipinski definition) is 7. The number of nitrogens with zero attached hydrogens (tertiary/aromatic N) is 6. The zero-order valence-corrected chi connectivity index (χ0v) is 17.5. The van der Waals surface area contributed by atoms with E-state index in [1.54, 1.807) is 4.52 Å². The van der Waals surface area contributed by atoms with Crippen LogP contribution in [0.5, 0.6) is 0 Å². The number of aromatic nitrogens is 6. The summed E-state index contributed by atoms with van der Waals surface area (Å²) in [6, 6.07) is 10.2. The van der Waals surface area contributed by atoms with Gasteiger partial charge in [0.1, 0.15) is 5.01 Å². The molecule has 4 aromatic rings. The monoisotopic (exact) mass is 407 g/mol. The van der Waals surface area contributed by atoms with Crippen molar-refractivity contribution in [2.24, 2.45) is 0 Å². The third kappa shape index (κ3) is 4.14. The Morgan fingerprint density at radius 3 is 2.62 bits per heavy atom. The van der Waals surface area contributed by atoms with Gasteiger partial charge in [-0.25, -0.2) is 9.50 Å². The molecule has 1 N–H and O–H groups in total. The second-order valence-electron chi connectivity index (χ2n) is 7.19. The molecule has 0 spiro atoms. The standard InChI is InChI=1S/C20H21N7OS/c1-11(2)14-5-7-15(8-6-14)18-24-25-20(29-18)23-17(28)10-16-22-19-21-12(3)9-13(4)27(19)26-16/h5-9,11H,10H2,1-4H3,(H,23,25,28). The maximum Gasteiger partial charge on any atom is 0.252 e. The first-order valence-corrected chi connectivity index (χ1v) is 10.1. The summed E-state index contributed by atoms with van der Waals surface area (Å²) in [6.45, 7) is 8.14. The Bertz CT molecular complexity index is 1180. The molecule has 0 saturated heterocycles. The molecule has 148 valence electrons. The highest BCUT2D eigenvalue weighted by Crippen LogP contribution is 2.27. The van der Waals surface area contributed by atoms with Gasteiger partial charge in [0.2, 0.25) is 11.0 Å². The second kappa shape index (κ2) is 7.67. The van der Waals surface area contributed by atoms with E-state index in [2.05, 4.69) is 56.6 Å². The number of anilines is 1. The van der Waals surface area contributed by atoms with E-state index >= 15 is 0 Å². The van der Waals surface area contributed by atoms with E-state index < -0.39 is 0 Å². The van der Waals surface area contributed by atoms with Gasteiger partial charge >= 0.3 is 0 Å². The lowest BCUT2D eigenvalue weighted by atomic mass is 10.0. The highest BCUT2D eigenvalue weighted by molar-refractivity contribution is 7.18. The van der Waals surface area contributed by atoms with Crippen LogP contribution < -0.4 is 5.32 Å². The molecule has 0 saturated carbocycles. The lowest BCUT2D eigenvalue weighted by Crippen LogP contribution is -2.15. The molecular weight excluding hydrogens is 386 g/mol. The summed E-state index contributed by atoms with van der Waals surface area (Å²) in [5.74, 6) is 1.14. The van der Waals surface area contributed by atoms with Crippen LogP contribution in [0.15, 0.2) is 30.3 Å². The lowest BCUT2D eigenvalue weighted by Gasteiger charge is -2.04. The first kappa shape index (κ1) is 19.1. The molecule has 0 unspecified atom stereocenters. The average molecular weight is 408 g/mol. The number of nitrogens with one attached hydrogen (secondary N) is 1. The third-order valence-electron chi connectivity index (χ3n) is 4.48. The van der Waals surface area contributed by atoms with E-state index in [4.69, 9.17) is 0 Å². The van der Waals surface area contributed by atoms with Gasteiger partial charge in [0, 0.05) is 17.0 Å². The van der Waals surface area contributed by atoms with Gasteiger partial charge in [-0.2, -0.15) is 4.98 Å². The number of rotatable bonds is 5. The molecule has 0 aliphatic heterocycles. The molecule has 9 heteroatoms. The van der Waals surface area contributed by atoms with Gasteiger partial charge in [0.05, 0.1) is 6.42 Å². The van der Waals surface area contributed by atoms with Gasteiger partial charge < -0.3 is 5.32 Å². The normalized spacial score (nSPS) is 11.3. The van der Waals surface area contributed by atoms with Crippen molar-refractivity contribution in [3.63, 3.8) is 0 Å². The zero-order valence-electron chi connectivity index (χ0n) is 16.7. The molecule has 0 radical (unpaired) electrons. The molecular formula is C20H21N7OS. The minimum atomic E-state index is -0.242. The van der Waals surface area contributed by atoms with Crippen molar-refractivity contribution in [2.75, 3.05) is 5.32 Å². The van der Waals surface area contributed by atoms with E-state index in [1.807, 2.05) is 32.0 Å². The maximum atomic E-state index is 12.4. The Labute approximate surface area is 172 Å². The number of hydrogen-bond donors (Lipinski definition) is 1. The highest BCUT2D eigenvalue weighted by Gasteiger charge is 2.14. The Morgan fingerprint density at radius 1 is 1.14 bits per heavy atom. The molecule has 29 heavy (non-hydrogen) atoms. The minimum Gasteiger partial charge on any atom is -0.300 e. The van der Waals surface area contributed by atoms with Crippen LogP contribution in [-0.2, 0) is 11.2 Å². The molecule has 0 aliphatic carbocycles. The molecule has 1 aromatic carbocycles. The summed E-state index contributed by atoms with van der Waals surface area (Å²) in [7, 11) is 0. The quantitative estimate of drug-likeness (QED) is 0.543. The van der Waals surface area contributed by atoms with Crippen LogP contribution in [0.2, 0.25) is 0 Å². The fourth-order valence-corrected chi connectivity index (χ4v) is 3.76. The molecule has 0 atom stereocenters. The Kier molecular flexibility index (Phi) is 5.06. The van der Waals surface area contributed by atoms with Crippen molar-refractivity contribution in [2.45, 2.75) is 40.0 Å². The van der Waals surface area contributed by atoms with E-state index in [1.165, 1.54) is 16.9 Å². The molecule has 4 rings (SSSR count). The van der Waals surface area contributed by atoms with E-state index in [0.29, 0.717) is 22.7 Å². The fraction of sp³-hybridized carbons (Fsp3) is 0.300. The van der Waals surface area contributed by atoms with Gasteiger partial charge in [-0.1, -0.05) is 49.4 Å². The van der Waals surface area contributed by atoms with Crippen LogP contribution >= 0.6 is 11.3 Å². The molecule has 3 aromatic heterocycles. The maximum absolute atomic E-state index is 12.4. The van der Waals surface area contributed by atoms with Crippen LogP contribution in [0.4, 0.5) is 5.13 Å². The molecule has 0 aliphatic rings. The summed E-state index contributed by atoms with van der Waals surface area (Å²) in [4.78, 5) is 21.1. The number of fused-ring (bicyclic) bond motifs is 1. The lowest BCUT2D eigenvalue weighted by molar-refractivity contribution is -0.115. The number of carbonyl (C=O) groups excluding carboxylic acids is 1. The zero-order chi connectivity index (χ0) is 20.5. The van der Waals surface area contributed by atoms with Crippen LogP contribution in [-0.4, -0.2) is 35.7 Å². The minimum absolute atomic E-state index is 0.0415. The number of benzene rings is 1. The summed E-state index contributed by atoms with van der Waals surface area (Å²) < 4.78 is 1.64. The van der Waals surface area contributed by atoms with Crippen molar-refractivity contribution < 1.29 is 4.79 Å². The van der Waals surface area contributed by atoms with Crippen LogP contribution in [0, 0.1) is 13.8 Å². The Hall–Kier alpha value is -3.20. The van der Waals surface area contributed by atoms with E-state index in [9.17, 15) is 4.79 Å². The van der Waals surface area contributed by atoms with Gasteiger partial charge in [-0.05, 0) is 31.4 Å². The van der Waals surface area contributed by atoms with Crippen molar-refractivity contribution in [3.05, 3.63) is 53.1 Å². The first-order chi connectivity index (χ1) is 13.9. The summed E-state index contributed by atoms with van der Waals surface area (Å²) in [5.41, 5.74) is 4.03. The van der Waals surface area contributed by atoms with Gasteiger partial charge in [-0.3, -0.25) is 4.79 Å². The van der Waals surface area contributed by atoms with E-state index in [-0.39, 0.29) is 12.3 Å². The average Bonchev–Trinajstić information content (AvgIpc) is 3.28. The number of carbonyl (C=O) groups is 1. The molecule has 1 amide bonds. The number of aryl methyl sites for hydroxylation is 2. The smallest absolute Gasteiger partial charge is 0.252 e. The SMILES string of the molecule is Cc1cc(C)n2nc(CC(=O)Nc3nnc(-c4ccc(C(C)C)cc4)s3)nc2n1. The first-order valence-electron chi connectivity index (χ1n) is 9.32. The topological polar surface area (TPSA) is 98.0 Å². The van der Waals surface area contributed by atoms with Crippen molar-refractivity contribution in [1.82, 2.24) is 29.8 Å².